The fourth-order valence-corrected chi connectivity index (χ4v) is 19.1. The Bertz CT molecular complexity index is 2620. The first kappa shape index (κ1) is 29.9. The van der Waals surface area contributed by atoms with Gasteiger partial charge in [-0.1, -0.05) is 140 Å². The average molecular weight is 708 g/mol. The molecule has 258 valence electrons. The molecule has 7 aromatic carbocycles. The molecule has 3 heterocycles. The molecule has 0 saturated heterocycles. The quantitative estimate of drug-likeness (QED) is 0.162. The van der Waals surface area contributed by atoms with Crippen LogP contribution in [-0.4, -0.2) is 8.07 Å². The summed E-state index contributed by atoms with van der Waals surface area (Å²) in [5.74, 6) is 3.31. The molecule has 0 amide bonds. The maximum absolute atomic E-state index is 2.68. The van der Waals surface area contributed by atoms with Crippen molar-refractivity contribution in [1.29, 1.82) is 0 Å². The zero-order valence-corrected chi connectivity index (χ0v) is 31.4. The lowest BCUT2D eigenvalue weighted by atomic mass is 9.41. The Balaban J connectivity index is 1.07. The van der Waals surface area contributed by atoms with Crippen LogP contribution in [0.5, 0.6) is 0 Å². The fraction of sp³-hybridized carbons (Fsp3) is 0.192. The molecular weight excluding hydrogens is 667 g/mol. The minimum absolute atomic E-state index is 0.108. The van der Waals surface area contributed by atoms with Gasteiger partial charge in [0, 0.05) is 11.1 Å². The highest BCUT2D eigenvalue weighted by Crippen LogP contribution is 2.69. The van der Waals surface area contributed by atoms with Crippen molar-refractivity contribution in [3.63, 3.8) is 0 Å². The summed E-state index contributed by atoms with van der Waals surface area (Å²) in [6.07, 6.45) is 7.05. The van der Waals surface area contributed by atoms with Crippen LogP contribution >= 0.6 is 0 Å². The summed E-state index contributed by atoms with van der Waals surface area (Å²) in [4.78, 5) is 2.66. The second kappa shape index (κ2) is 10.6. The van der Waals surface area contributed by atoms with Crippen molar-refractivity contribution in [2.75, 3.05) is 4.90 Å². The van der Waals surface area contributed by atoms with Crippen molar-refractivity contribution >= 4 is 45.9 Å². The maximum atomic E-state index is 2.66. The Hall–Kier alpha value is -5.44. The minimum Gasteiger partial charge on any atom is -0.310 e. The van der Waals surface area contributed by atoms with Crippen molar-refractivity contribution in [1.82, 2.24) is 0 Å². The predicted octanol–water partition coefficient (Wildman–Crippen LogP) is 10.2. The Labute approximate surface area is 319 Å². The summed E-state index contributed by atoms with van der Waals surface area (Å²) in [7, 11) is -2.68. The predicted molar refractivity (Wildman–Crippen MR) is 226 cm³/mol. The number of benzene rings is 7. The highest BCUT2D eigenvalue weighted by molar-refractivity contribution is 7.24. The monoisotopic (exact) mass is 707 g/mol. The van der Waals surface area contributed by atoms with E-state index in [0.29, 0.717) is 0 Å². The van der Waals surface area contributed by atoms with Crippen LogP contribution in [0.2, 0.25) is 0 Å². The van der Waals surface area contributed by atoms with Gasteiger partial charge in [-0.3, -0.25) is 0 Å². The van der Waals surface area contributed by atoms with Crippen LogP contribution in [0.15, 0.2) is 164 Å². The molecule has 7 aliphatic rings. The summed E-state index contributed by atoms with van der Waals surface area (Å²) < 4.78 is 0. The van der Waals surface area contributed by atoms with Crippen molar-refractivity contribution in [3.05, 3.63) is 175 Å². The molecule has 0 aromatic heterocycles. The van der Waals surface area contributed by atoms with E-state index >= 15 is 0 Å². The first-order chi connectivity index (χ1) is 26.7. The van der Waals surface area contributed by atoms with Gasteiger partial charge in [0.05, 0.1) is 11.4 Å². The lowest BCUT2D eigenvalue weighted by molar-refractivity contribution is -0.0419. The van der Waals surface area contributed by atoms with Gasteiger partial charge in [-0.2, -0.15) is 0 Å². The molecule has 0 radical (unpaired) electrons. The van der Waals surface area contributed by atoms with Crippen LogP contribution < -0.4 is 25.6 Å². The Morgan fingerprint density at radius 3 is 1.54 bits per heavy atom. The van der Waals surface area contributed by atoms with E-state index in [1.54, 1.807) is 11.1 Å². The van der Waals surface area contributed by atoms with E-state index in [0.717, 1.165) is 23.7 Å². The normalized spacial score (nSPS) is 25.2. The molecule has 2 heteroatoms. The van der Waals surface area contributed by atoms with E-state index in [4.69, 9.17) is 0 Å². The molecule has 14 rings (SSSR count). The van der Waals surface area contributed by atoms with Crippen molar-refractivity contribution in [3.8, 4) is 33.4 Å². The topological polar surface area (TPSA) is 3.24 Å². The first-order valence-corrected chi connectivity index (χ1v) is 22.3. The number of fused-ring (bicyclic) bond motifs is 12. The Morgan fingerprint density at radius 1 is 0.407 bits per heavy atom. The number of hydrogen-bond donors (Lipinski definition) is 0. The first-order valence-electron chi connectivity index (χ1n) is 20.3. The van der Waals surface area contributed by atoms with E-state index in [2.05, 4.69) is 169 Å². The number of para-hydroxylation sites is 2. The van der Waals surface area contributed by atoms with Gasteiger partial charge in [0.1, 0.15) is 0 Å². The summed E-state index contributed by atoms with van der Waals surface area (Å²) in [5.41, 5.74) is 15.6. The molecular formula is C52H41NSi. The second-order valence-corrected chi connectivity index (χ2v) is 20.9. The lowest BCUT2D eigenvalue weighted by Gasteiger charge is -2.64. The molecule has 2 spiro atoms. The minimum atomic E-state index is -2.68. The van der Waals surface area contributed by atoms with Crippen LogP contribution in [0, 0.1) is 23.7 Å². The number of nitrogens with zero attached hydrogens (tertiary/aromatic N) is 1. The van der Waals surface area contributed by atoms with E-state index in [-0.39, 0.29) is 5.41 Å². The van der Waals surface area contributed by atoms with Crippen molar-refractivity contribution < 1.29 is 0 Å². The van der Waals surface area contributed by atoms with Crippen LogP contribution in [0.3, 0.4) is 0 Å². The second-order valence-electron chi connectivity index (χ2n) is 17.2. The van der Waals surface area contributed by atoms with Crippen molar-refractivity contribution in [2.24, 2.45) is 23.7 Å². The molecule has 54 heavy (non-hydrogen) atoms. The molecule has 4 bridgehead atoms. The molecule has 0 N–H and O–H groups in total. The molecule has 1 atom stereocenters. The van der Waals surface area contributed by atoms with Crippen LogP contribution in [0.4, 0.5) is 17.1 Å². The van der Waals surface area contributed by atoms with Gasteiger partial charge < -0.3 is 4.90 Å². The highest BCUT2D eigenvalue weighted by atomic mass is 28.3. The number of rotatable bonds is 2. The Morgan fingerprint density at radius 2 is 0.907 bits per heavy atom. The highest BCUT2D eigenvalue weighted by Gasteiger charge is 2.61. The standard InChI is InChI=1S/C52H41NSi/c1-2-12-35(13-3-1)36-22-24-42-40-14-4-10-20-48(40)54(50(42)31-36)49-21-11-5-15-41(49)43-25-23-39(32-51(43)54)53-46-18-8-6-16-44(46)52(45-17-7-9-19-47(45)53)37-27-33-26-34(29-37)30-38(52)28-33/h1-25,31-34,37-38H,26-30H2. The van der Waals surface area contributed by atoms with Gasteiger partial charge in [-0.15, -0.1) is 0 Å². The zero-order chi connectivity index (χ0) is 35.2. The average Bonchev–Trinajstić information content (AvgIpc) is 3.69. The smallest absolute Gasteiger partial charge is 0.182 e. The number of anilines is 3. The summed E-state index contributed by atoms with van der Waals surface area (Å²) >= 11 is 0. The van der Waals surface area contributed by atoms with Crippen molar-refractivity contribution in [2.45, 2.75) is 37.5 Å². The van der Waals surface area contributed by atoms with Crippen LogP contribution in [0.1, 0.15) is 43.2 Å². The van der Waals surface area contributed by atoms with E-state index in [9.17, 15) is 0 Å². The molecule has 4 aliphatic carbocycles. The SMILES string of the molecule is c1ccc(-c2ccc3c(c2)[Si]2(c4ccccc4-3)c3ccccc3-c3ccc(N4c5ccccc5C5(c6ccccc64)C4CC6CC(C4)CC5C6)cc32)cc1. The molecule has 7 aromatic rings. The molecule has 4 saturated carbocycles. The summed E-state index contributed by atoms with van der Waals surface area (Å²) in [6.45, 7) is 0. The lowest BCUT2D eigenvalue weighted by Crippen LogP contribution is -2.70. The van der Waals surface area contributed by atoms with Crippen LogP contribution in [0.25, 0.3) is 33.4 Å². The van der Waals surface area contributed by atoms with E-state index in [1.165, 1.54) is 103 Å². The van der Waals surface area contributed by atoms with E-state index in [1.807, 2.05) is 0 Å². The van der Waals surface area contributed by atoms with Gasteiger partial charge in [0.15, 0.2) is 8.07 Å². The third-order valence-corrected chi connectivity index (χ3v) is 20.0. The molecule has 1 unspecified atom stereocenters. The van der Waals surface area contributed by atoms with Crippen LogP contribution in [-0.2, 0) is 5.41 Å². The van der Waals surface area contributed by atoms with Gasteiger partial charge in [0.25, 0.3) is 0 Å². The Kier molecular flexibility index (Phi) is 5.89. The maximum Gasteiger partial charge on any atom is 0.182 e. The number of hydrogen-bond acceptors (Lipinski definition) is 1. The zero-order valence-electron chi connectivity index (χ0n) is 30.4. The summed E-state index contributed by atoms with van der Waals surface area (Å²) in [6, 6.07) is 63.8. The molecule has 1 nitrogen and oxygen atoms in total. The largest absolute Gasteiger partial charge is 0.310 e. The van der Waals surface area contributed by atoms with Gasteiger partial charge in [-0.05, 0) is 145 Å². The molecule has 4 fully saturated rings. The molecule has 3 aliphatic heterocycles. The third kappa shape index (κ3) is 3.57. The fourth-order valence-electron chi connectivity index (χ4n) is 13.5. The van der Waals surface area contributed by atoms with Gasteiger partial charge in [-0.25, -0.2) is 0 Å². The summed E-state index contributed by atoms with van der Waals surface area (Å²) in [5, 5.41) is 6.11. The third-order valence-electron chi connectivity index (χ3n) is 15.0. The van der Waals surface area contributed by atoms with Gasteiger partial charge in [0.2, 0.25) is 0 Å². The van der Waals surface area contributed by atoms with E-state index < -0.39 is 8.07 Å². The van der Waals surface area contributed by atoms with Gasteiger partial charge >= 0.3 is 0 Å².